The van der Waals surface area contributed by atoms with Crippen LogP contribution >= 0.6 is 27.3 Å². The summed E-state index contributed by atoms with van der Waals surface area (Å²) in [6.45, 7) is 4.87. The van der Waals surface area contributed by atoms with E-state index in [2.05, 4.69) is 63.3 Å². The van der Waals surface area contributed by atoms with Gasteiger partial charge in [0.1, 0.15) is 0 Å². The average Bonchev–Trinajstić information content (AvgIpc) is 2.85. The summed E-state index contributed by atoms with van der Waals surface area (Å²) < 4.78 is 1.12. The van der Waals surface area contributed by atoms with Gasteiger partial charge in [-0.1, -0.05) is 35.0 Å². The summed E-state index contributed by atoms with van der Waals surface area (Å²) in [5.74, 6) is 0. The van der Waals surface area contributed by atoms with Gasteiger partial charge in [-0.15, -0.1) is 11.3 Å². The largest absolute Gasteiger partial charge is 0.347 e. The molecule has 0 amide bonds. The van der Waals surface area contributed by atoms with Crippen LogP contribution in [0, 0.1) is 0 Å². The van der Waals surface area contributed by atoms with Crippen molar-refractivity contribution in [2.75, 3.05) is 18.5 Å². The minimum atomic E-state index is 0.869. The first-order valence-electron chi connectivity index (χ1n) is 6.30. The molecule has 0 spiro atoms. The van der Waals surface area contributed by atoms with Crippen LogP contribution in [0.15, 0.2) is 34.9 Å². The zero-order chi connectivity index (χ0) is 13.7. The van der Waals surface area contributed by atoms with Gasteiger partial charge in [0.15, 0.2) is 5.13 Å². The summed E-state index contributed by atoms with van der Waals surface area (Å²) in [6.07, 6.45) is 1.96. The lowest BCUT2D eigenvalue weighted by Crippen LogP contribution is -2.15. The van der Waals surface area contributed by atoms with Crippen LogP contribution in [0.3, 0.4) is 0 Å². The number of hydrogen-bond acceptors (Lipinski definition) is 4. The quantitative estimate of drug-likeness (QED) is 0.870. The van der Waals surface area contributed by atoms with Gasteiger partial charge < -0.3 is 10.2 Å². The van der Waals surface area contributed by atoms with E-state index in [1.165, 1.54) is 10.4 Å². The maximum Gasteiger partial charge on any atom is 0.185 e. The van der Waals surface area contributed by atoms with Crippen molar-refractivity contribution in [3.63, 3.8) is 0 Å². The lowest BCUT2D eigenvalue weighted by molar-refractivity contribution is 0.734. The van der Waals surface area contributed by atoms with Crippen LogP contribution in [0.1, 0.15) is 17.4 Å². The number of benzene rings is 1. The van der Waals surface area contributed by atoms with Crippen LogP contribution in [0.2, 0.25) is 0 Å². The number of aromatic nitrogens is 1. The van der Waals surface area contributed by atoms with Crippen molar-refractivity contribution in [3.8, 4) is 0 Å². The van der Waals surface area contributed by atoms with E-state index in [0.717, 1.165) is 29.2 Å². The van der Waals surface area contributed by atoms with E-state index in [0.29, 0.717) is 0 Å². The molecule has 0 aliphatic carbocycles. The van der Waals surface area contributed by atoms with Crippen LogP contribution in [0.5, 0.6) is 0 Å². The molecule has 1 N–H and O–H groups in total. The van der Waals surface area contributed by atoms with Gasteiger partial charge in [-0.2, -0.15) is 0 Å². The minimum absolute atomic E-state index is 0.869. The van der Waals surface area contributed by atoms with E-state index >= 15 is 0 Å². The SMILES string of the molecule is CCNCc1cnc(N(C)Cc2cccc(Br)c2)s1. The molecule has 19 heavy (non-hydrogen) atoms. The third-order valence-electron chi connectivity index (χ3n) is 2.73. The molecule has 3 nitrogen and oxygen atoms in total. The first kappa shape index (κ1) is 14.5. The summed E-state index contributed by atoms with van der Waals surface area (Å²) >= 11 is 5.25. The maximum atomic E-state index is 4.48. The van der Waals surface area contributed by atoms with Crippen molar-refractivity contribution in [1.82, 2.24) is 10.3 Å². The third kappa shape index (κ3) is 4.30. The Morgan fingerprint density at radius 1 is 1.42 bits per heavy atom. The van der Waals surface area contributed by atoms with Gasteiger partial charge in [0.2, 0.25) is 0 Å². The molecule has 1 aromatic heterocycles. The van der Waals surface area contributed by atoms with E-state index in [9.17, 15) is 0 Å². The monoisotopic (exact) mass is 339 g/mol. The summed E-state index contributed by atoms with van der Waals surface area (Å²) in [4.78, 5) is 7.94. The molecule has 0 radical (unpaired) electrons. The van der Waals surface area contributed by atoms with Crippen LogP contribution in [0.25, 0.3) is 0 Å². The van der Waals surface area contributed by atoms with Crippen LogP contribution < -0.4 is 10.2 Å². The Balaban J connectivity index is 1.99. The Morgan fingerprint density at radius 2 is 2.26 bits per heavy atom. The molecule has 5 heteroatoms. The Hall–Kier alpha value is -0.910. The molecule has 0 saturated heterocycles. The fraction of sp³-hybridized carbons (Fsp3) is 0.357. The van der Waals surface area contributed by atoms with Crippen molar-refractivity contribution in [3.05, 3.63) is 45.4 Å². The highest BCUT2D eigenvalue weighted by molar-refractivity contribution is 9.10. The number of hydrogen-bond donors (Lipinski definition) is 1. The summed E-state index contributed by atoms with van der Waals surface area (Å²) in [5.41, 5.74) is 1.28. The average molecular weight is 340 g/mol. The fourth-order valence-electron chi connectivity index (χ4n) is 1.78. The second-order valence-electron chi connectivity index (χ2n) is 4.38. The molecule has 0 fully saturated rings. The van der Waals surface area contributed by atoms with Gasteiger partial charge in [0, 0.05) is 35.7 Å². The Labute approximate surface area is 126 Å². The van der Waals surface area contributed by atoms with Crippen molar-refractivity contribution < 1.29 is 0 Å². The molecule has 1 heterocycles. The minimum Gasteiger partial charge on any atom is -0.347 e. The van der Waals surface area contributed by atoms with Gasteiger partial charge in [0.05, 0.1) is 0 Å². The Bertz CT molecular complexity index is 527. The third-order valence-corrected chi connectivity index (χ3v) is 4.33. The summed E-state index contributed by atoms with van der Waals surface area (Å²) in [5, 5.41) is 4.38. The highest BCUT2D eigenvalue weighted by Crippen LogP contribution is 2.23. The zero-order valence-electron chi connectivity index (χ0n) is 11.2. The van der Waals surface area contributed by atoms with Crippen molar-refractivity contribution >= 4 is 32.4 Å². The first-order valence-corrected chi connectivity index (χ1v) is 7.91. The molecule has 0 bridgehead atoms. The first-order chi connectivity index (χ1) is 9.19. The molecular weight excluding hydrogens is 322 g/mol. The number of rotatable bonds is 6. The van der Waals surface area contributed by atoms with Crippen molar-refractivity contribution in [1.29, 1.82) is 0 Å². The molecule has 0 atom stereocenters. The number of nitrogens with one attached hydrogen (secondary N) is 1. The van der Waals surface area contributed by atoms with Gasteiger partial charge in [0.25, 0.3) is 0 Å². The number of halogens is 1. The molecule has 0 saturated carbocycles. The molecule has 2 rings (SSSR count). The molecular formula is C14H18BrN3S. The van der Waals surface area contributed by atoms with Crippen LogP contribution in [-0.2, 0) is 13.1 Å². The lowest BCUT2D eigenvalue weighted by atomic mass is 10.2. The molecule has 1 aromatic carbocycles. The number of anilines is 1. The van der Waals surface area contributed by atoms with Gasteiger partial charge in [-0.3, -0.25) is 0 Å². The normalized spacial score (nSPS) is 10.7. The van der Waals surface area contributed by atoms with E-state index in [-0.39, 0.29) is 0 Å². The predicted molar refractivity (Wildman–Crippen MR) is 85.7 cm³/mol. The second-order valence-corrected chi connectivity index (χ2v) is 6.38. The highest BCUT2D eigenvalue weighted by atomic mass is 79.9. The smallest absolute Gasteiger partial charge is 0.185 e. The van der Waals surface area contributed by atoms with E-state index < -0.39 is 0 Å². The molecule has 0 aliphatic rings. The van der Waals surface area contributed by atoms with Gasteiger partial charge in [-0.05, 0) is 24.2 Å². The number of nitrogens with zero attached hydrogens (tertiary/aromatic N) is 2. The Morgan fingerprint density at radius 3 is 3.00 bits per heavy atom. The lowest BCUT2D eigenvalue weighted by Gasteiger charge is -2.15. The predicted octanol–water partition coefficient (Wildman–Crippen LogP) is 3.65. The molecule has 102 valence electrons. The summed E-state index contributed by atoms with van der Waals surface area (Å²) in [6, 6.07) is 8.38. The number of thiazole rings is 1. The van der Waals surface area contributed by atoms with Crippen LogP contribution in [0.4, 0.5) is 5.13 Å². The summed E-state index contributed by atoms with van der Waals surface area (Å²) in [7, 11) is 2.08. The second kappa shape index (κ2) is 7.03. The van der Waals surface area contributed by atoms with Gasteiger partial charge in [-0.25, -0.2) is 4.98 Å². The topological polar surface area (TPSA) is 28.2 Å². The molecule has 0 aliphatic heterocycles. The van der Waals surface area contributed by atoms with E-state index in [1.54, 1.807) is 11.3 Å². The van der Waals surface area contributed by atoms with E-state index in [1.807, 2.05) is 12.3 Å². The van der Waals surface area contributed by atoms with Gasteiger partial charge >= 0.3 is 0 Å². The maximum absolute atomic E-state index is 4.48. The van der Waals surface area contributed by atoms with Crippen molar-refractivity contribution in [2.45, 2.75) is 20.0 Å². The molecule has 2 aromatic rings. The Kier molecular flexibility index (Phi) is 5.36. The fourth-order valence-corrected chi connectivity index (χ4v) is 3.07. The molecule has 0 unspecified atom stereocenters. The van der Waals surface area contributed by atoms with E-state index in [4.69, 9.17) is 0 Å². The zero-order valence-corrected chi connectivity index (χ0v) is 13.6. The van der Waals surface area contributed by atoms with Crippen LogP contribution in [-0.4, -0.2) is 18.6 Å². The highest BCUT2D eigenvalue weighted by Gasteiger charge is 2.07. The standard InChI is InChI=1S/C14H18BrN3S/c1-3-16-8-13-9-17-14(19-13)18(2)10-11-5-4-6-12(15)7-11/h4-7,9,16H,3,8,10H2,1-2H3. The van der Waals surface area contributed by atoms with Crippen molar-refractivity contribution in [2.24, 2.45) is 0 Å².